The van der Waals surface area contributed by atoms with Crippen LogP contribution in [0.4, 0.5) is 0 Å². The first-order valence-corrected chi connectivity index (χ1v) is 3.51. The molecule has 3 N–H and O–H groups in total. The predicted molar refractivity (Wildman–Crippen MR) is 49.3 cm³/mol. The maximum Gasteiger partial charge on any atom is 0.143 e. The number of amidine groups is 1. The van der Waals surface area contributed by atoms with Crippen LogP contribution >= 0.6 is 0 Å². The van der Waals surface area contributed by atoms with Gasteiger partial charge in [-0.3, -0.25) is 10.1 Å². The average molecular weight is 200 g/mol. The Kier molecular flexibility index (Phi) is 4.07. The van der Waals surface area contributed by atoms with Gasteiger partial charge in [0, 0.05) is 12.7 Å². The van der Waals surface area contributed by atoms with E-state index in [4.69, 9.17) is 26.5 Å². The lowest BCUT2D eigenvalue weighted by Crippen LogP contribution is -2.11. The second-order valence-corrected chi connectivity index (χ2v) is 2.43. The summed E-state index contributed by atoms with van der Waals surface area (Å²) in [6.45, 7) is 1.92. The number of nitrogens with zero attached hydrogens (tertiary/aromatic N) is 3. The van der Waals surface area contributed by atoms with Crippen molar-refractivity contribution in [2.45, 2.75) is 6.92 Å². The zero-order valence-corrected chi connectivity index (χ0v) is 7.72. The number of aromatic nitrogens is 2. The molecule has 1 aromatic heterocycles. The van der Waals surface area contributed by atoms with Crippen LogP contribution in [0.2, 0.25) is 0 Å². The summed E-state index contributed by atoms with van der Waals surface area (Å²) in [6, 6.07) is 1.78. The highest BCUT2D eigenvalue weighted by Gasteiger charge is 2.01. The quantitative estimate of drug-likeness (QED) is 0.279. The minimum Gasteiger partial charge on any atom is -0.382 e. The second-order valence-electron chi connectivity index (χ2n) is 2.43. The standard InChI is InChI=1S/C6H10N4.NO3/c1-4-3-5(6(7)8)9-10(4)2;2-1(3)4/h3H,1-2H3,(H3,7,8);/q;-1. The maximum atomic E-state index is 8.25. The van der Waals surface area contributed by atoms with E-state index in [1.807, 2.05) is 14.0 Å². The molecule has 0 radical (unpaired) electrons. The SMILES string of the molecule is Cc1cc(C(=N)N)nn1C.O=[N+]([O-])[O-]. The van der Waals surface area contributed by atoms with Crippen LogP contribution in [0.3, 0.4) is 0 Å². The highest BCUT2D eigenvalue weighted by atomic mass is 16.9. The molecule has 14 heavy (non-hydrogen) atoms. The summed E-state index contributed by atoms with van der Waals surface area (Å²) in [5, 5.41) is 25.8. The number of hydrogen-bond donors (Lipinski definition) is 2. The molecule has 0 aromatic carbocycles. The van der Waals surface area contributed by atoms with Crippen LogP contribution in [0, 0.1) is 27.7 Å². The van der Waals surface area contributed by atoms with E-state index in [-0.39, 0.29) is 5.84 Å². The lowest BCUT2D eigenvalue weighted by molar-refractivity contribution is -0.402. The van der Waals surface area contributed by atoms with Crippen LogP contribution in [-0.4, -0.2) is 20.7 Å². The Labute approximate surface area is 79.6 Å². The minimum absolute atomic E-state index is 0.0173. The van der Waals surface area contributed by atoms with E-state index in [2.05, 4.69) is 5.10 Å². The van der Waals surface area contributed by atoms with Gasteiger partial charge in [-0.1, -0.05) is 0 Å². The third-order valence-corrected chi connectivity index (χ3v) is 1.39. The Bertz CT molecular complexity index is 322. The normalized spacial score (nSPS) is 8.71. The van der Waals surface area contributed by atoms with Crippen LogP contribution in [0.1, 0.15) is 11.4 Å². The van der Waals surface area contributed by atoms with Gasteiger partial charge in [0.25, 0.3) is 0 Å². The van der Waals surface area contributed by atoms with Crippen molar-refractivity contribution in [1.29, 1.82) is 5.41 Å². The highest BCUT2D eigenvalue weighted by Crippen LogP contribution is 1.98. The Morgan fingerprint density at radius 2 is 2.14 bits per heavy atom. The smallest absolute Gasteiger partial charge is 0.143 e. The first kappa shape index (κ1) is 11.9. The fourth-order valence-corrected chi connectivity index (χ4v) is 0.692. The van der Waals surface area contributed by atoms with Crippen molar-refractivity contribution < 1.29 is 5.09 Å². The largest absolute Gasteiger partial charge is 0.382 e. The van der Waals surface area contributed by atoms with E-state index in [0.717, 1.165) is 5.69 Å². The molecule has 0 atom stereocenters. The van der Waals surface area contributed by atoms with Gasteiger partial charge in [0.05, 0.1) is 5.09 Å². The van der Waals surface area contributed by atoms with Crippen molar-refractivity contribution in [3.8, 4) is 0 Å². The van der Waals surface area contributed by atoms with E-state index in [1.54, 1.807) is 10.7 Å². The second kappa shape index (κ2) is 4.80. The molecule has 0 saturated heterocycles. The van der Waals surface area contributed by atoms with Crippen LogP contribution in [0.15, 0.2) is 6.07 Å². The van der Waals surface area contributed by atoms with Gasteiger partial charge in [0.1, 0.15) is 11.5 Å². The molecule has 0 aliphatic heterocycles. The van der Waals surface area contributed by atoms with Gasteiger partial charge in [-0.15, -0.1) is 0 Å². The first-order valence-electron chi connectivity index (χ1n) is 3.51. The fourth-order valence-electron chi connectivity index (χ4n) is 0.692. The first-order chi connectivity index (χ1) is 6.34. The lowest BCUT2D eigenvalue weighted by atomic mass is 10.3. The number of nitrogen functional groups attached to an aromatic ring is 1. The van der Waals surface area contributed by atoms with Gasteiger partial charge >= 0.3 is 0 Å². The molecule has 1 heterocycles. The molecule has 1 aromatic rings. The van der Waals surface area contributed by atoms with E-state index in [0.29, 0.717) is 5.69 Å². The summed E-state index contributed by atoms with van der Waals surface area (Å²) in [5.41, 5.74) is 6.75. The van der Waals surface area contributed by atoms with Crippen molar-refractivity contribution >= 4 is 5.84 Å². The van der Waals surface area contributed by atoms with Gasteiger partial charge in [0.15, 0.2) is 0 Å². The summed E-state index contributed by atoms with van der Waals surface area (Å²) in [6.07, 6.45) is 0. The highest BCUT2D eigenvalue weighted by molar-refractivity contribution is 5.93. The van der Waals surface area contributed by atoms with Crippen LogP contribution in [0.5, 0.6) is 0 Å². The van der Waals surface area contributed by atoms with Crippen LogP contribution in [0.25, 0.3) is 0 Å². The van der Waals surface area contributed by atoms with Crippen LogP contribution < -0.4 is 5.73 Å². The molecule has 0 amide bonds. The molecule has 78 valence electrons. The van der Waals surface area contributed by atoms with Gasteiger partial charge in [0.2, 0.25) is 0 Å². The minimum atomic E-state index is -1.75. The van der Waals surface area contributed by atoms with Crippen LogP contribution in [-0.2, 0) is 7.05 Å². The monoisotopic (exact) mass is 200 g/mol. The van der Waals surface area contributed by atoms with Crippen molar-refractivity contribution in [2.75, 3.05) is 0 Å². The summed E-state index contributed by atoms with van der Waals surface area (Å²) >= 11 is 0. The summed E-state index contributed by atoms with van der Waals surface area (Å²) in [4.78, 5) is 8.25. The lowest BCUT2D eigenvalue weighted by Gasteiger charge is -1.89. The third kappa shape index (κ3) is 4.04. The molecule has 8 nitrogen and oxygen atoms in total. The molecule has 0 aliphatic rings. The molecular formula is C6H10N5O3-. The van der Waals surface area contributed by atoms with Crippen molar-refractivity contribution in [3.05, 3.63) is 32.8 Å². The van der Waals surface area contributed by atoms with E-state index in [1.165, 1.54) is 0 Å². The van der Waals surface area contributed by atoms with E-state index < -0.39 is 5.09 Å². The topological polar surface area (TPSA) is 134 Å². The summed E-state index contributed by atoms with van der Waals surface area (Å²) < 4.78 is 1.69. The van der Waals surface area contributed by atoms with Crippen molar-refractivity contribution in [1.82, 2.24) is 9.78 Å². The van der Waals surface area contributed by atoms with Crippen molar-refractivity contribution in [3.63, 3.8) is 0 Å². The maximum absolute atomic E-state index is 8.25. The zero-order chi connectivity index (χ0) is 11.3. The number of hydrogen-bond acceptors (Lipinski definition) is 5. The van der Waals surface area contributed by atoms with Gasteiger partial charge in [-0.25, -0.2) is 0 Å². The van der Waals surface area contributed by atoms with Crippen molar-refractivity contribution in [2.24, 2.45) is 12.8 Å². The molecule has 0 unspecified atom stereocenters. The van der Waals surface area contributed by atoms with Gasteiger partial charge in [-0.2, -0.15) is 5.10 Å². The summed E-state index contributed by atoms with van der Waals surface area (Å²) in [7, 11) is 1.82. The Morgan fingerprint density at radius 1 is 1.71 bits per heavy atom. The molecule has 0 bridgehead atoms. The molecule has 0 saturated carbocycles. The number of nitrogens with two attached hydrogens (primary N) is 1. The summed E-state index contributed by atoms with van der Waals surface area (Å²) in [5.74, 6) is 0.0173. The van der Waals surface area contributed by atoms with E-state index >= 15 is 0 Å². The molecular weight excluding hydrogens is 190 g/mol. The average Bonchev–Trinajstić information content (AvgIpc) is 2.31. The molecule has 0 spiro atoms. The van der Waals surface area contributed by atoms with Gasteiger partial charge < -0.3 is 21.1 Å². The third-order valence-electron chi connectivity index (χ3n) is 1.39. The Morgan fingerprint density at radius 3 is 2.29 bits per heavy atom. The molecule has 0 fully saturated rings. The fraction of sp³-hybridized carbons (Fsp3) is 0.333. The molecule has 8 heteroatoms. The Balaban J connectivity index is 0.000000364. The van der Waals surface area contributed by atoms with Gasteiger partial charge in [-0.05, 0) is 13.0 Å². The Hall–Kier alpha value is -2.12. The molecule has 0 aliphatic carbocycles. The number of rotatable bonds is 1. The number of nitrogens with one attached hydrogen (secondary N) is 1. The predicted octanol–water partition coefficient (Wildman–Crippen LogP) is -0.227. The van der Waals surface area contributed by atoms with E-state index in [9.17, 15) is 0 Å². The molecule has 1 rings (SSSR count). The zero-order valence-electron chi connectivity index (χ0n) is 7.72. The number of aryl methyl sites for hydroxylation is 2.